The number of rotatable bonds is 5. The van der Waals surface area contributed by atoms with E-state index in [1.54, 1.807) is 0 Å². The zero-order valence-corrected chi connectivity index (χ0v) is 13.4. The van der Waals surface area contributed by atoms with E-state index in [-0.39, 0.29) is 22.4 Å². The largest absolute Gasteiger partial charge is 0.326 e. The number of halogens is 1. The van der Waals surface area contributed by atoms with Crippen LogP contribution in [0, 0.1) is 11.2 Å². The topological polar surface area (TPSA) is 63.4 Å². The average molecular weight is 314 g/mol. The molecule has 1 heterocycles. The van der Waals surface area contributed by atoms with Crippen LogP contribution in [-0.2, 0) is 16.6 Å². The van der Waals surface area contributed by atoms with Gasteiger partial charge in [-0.25, -0.2) is 12.8 Å². The van der Waals surface area contributed by atoms with Crippen LogP contribution in [0.15, 0.2) is 23.1 Å². The molecule has 0 aliphatic carbocycles. The van der Waals surface area contributed by atoms with Crippen LogP contribution in [0.25, 0.3) is 0 Å². The lowest BCUT2D eigenvalue weighted by Crippen LogP contribution is -2.32. The third-order valence-corrected chi connectivity index (χ3v) is 6.62. The van der Waals surface area contributed by atoms with E-state index >= 15 is 0 Å². The third kappa shape index (κ3) is 2.98. The molecule has 2 rings (SSSR count). The Morgan fingerprint density at radius 2 is 2.00 bits per heavy atom. The van der Waals surface area contributed by atoms with Crippen molar-refractivity contribution < 1.29 is 12.8 Å². The van der Waals surface area contributed by atoms with Crippen LogP contribution in [0.4, 0.5) is 4.39 Å². The predicted molar refractivity (Wildman–Crippen MR) is 80.7 cm³/mol. The molecule has 1 saturated heterocycles. The Hall–Kier alpha value is -0.980. The molecular weight excluding hydrogens is 291 g/mol. The van der Waals surface area contributed by atoms with Crippen LogP contribution in [0.5, 0.6) is 0 Å². The zero-order valence-electron chi connectivity index (χ0n) is 12.6. The molecule has 0 saturated carbocycles. The van der Waals surface area contributed by atoms with Crippen molar-refractivity contribution in [1.82, 2.24) is 4.31 Å². The lowest BCUT2D eigenvalue weighted by molar-refractivity contribution is 0.279. The summed E-state index contributed by atoms with van der Waals surface area (Å²) in [4.78, 5) is 0.132. The normalized spacial score (nSPS) is 19.0. The van der Waals surface area contributed by atoms with Crippen molar-refractivity contribution >= 4 is 10.0 Å². The van der Waals surface area contributed by atoms with Gasteiger partial charge in [-0.1, -0.05) is 13.8 Å². The van der Waals surface area contributed by atoms with Crippen molar-refractivity contribution in [3.8, 4) is 0 Å². The van der Waals surface area contributed by atoms with Crippen molar-refractivity contribution in [2.75, 3.05) is 13.1 Å². The maximum absolute atomic E-state index is 13.5. The summed E-state index contributed by atoms with van der Waals surface area (Å²) in [7, 11) is -3.57. The summed E-state index contributed by atoms with van der Waals surface area (Å²) in [5, 5.41) is 0. The van der Waals surface area contributed by atoms with Crippen molar-refractivity contribution in [3.05, 3.63) is 29.6 Å². The van der Waals surface area contributed by atoms with E-state index in [4.69, 9.17) is 5.73 Å². The van der Waals surface area contributed by atoms with Crippen LogP contribution < -0.4 is 5.73 Å². The van der Waals surface area contributed by atoms with Gasteiger partial charge in [0.1, 0.15) is 5.82 Å². The lowest BCUT2D eigenvalue weighted by Gasteiger charge is -2.26. The van der Waals surface area contributed by atoms with E-state index in [1.165, 1.54) is 22.5 Å². The number of hydrogen-bond donors (Lipinski definition) is 1. The first kappa shape index (κ1) is 16.4. The van der Waals surface area contributed by atoms with Gasteiger partial charge in [-0.3, -0.25) is 0 Å². The van der Waals surface area contributed by atoms with Crippen molar-refractivity contribution in [2.45, 2.75) is 44.6 Å². The summed E-state index contributed by atoms with van der Waals surface area (Å²) in [6, 6.07) is 3.85. The van der Waals surface area contributed by atoms with Crippen LogP contribution in [0.2, 0.25) is 0 Å². The van der Waals surface area contributed by atoms with Gasteiger partial charge in [0.15, 0.2) is 0 Å². The Morgan fingerprint density at radius 1 is 1.33 bits per heavy atom. The highest BCUT2D eigenvalue weighted by Gasteiger charge is 2.40. The quantitative estimate of drug-likeness (QED) is 0.908. The Balaban J connectivity index is 2.31. The Labute approximate surface area is 126 Å². The van der Waals surface area contributed by atoms with E-state index in [2.05, 4.69) is 13.8 Å². The number of hydrogen-bond acceptors (Lipinski definition) is 3. The van der Waals surface area contributed by atoms with Gasteiger partial charge in [-0.05, 0) is 42.9 Å². The molecule has 0 aromatic heterocycles. The van der Waals surface area contributed by atoms with Gasteiger partial charge in [0.2, 0.25) is 10.0 Å². The molecule has 0 radical (unpaired) electrons. The molecule has 6 heteroatoms. The summed E-state index contributed by atoms with van der Waals surface area (Å²) >= 11 is 0. The first-order valence-corrected chi connectivity index (χ1v) is 8.81. The maximum Gasteiger partial charge on any atom is 0.243 e. The summed E-state index contributed by atoms with van der Waals surface area (Å²) in [5.74, 6) is -0.464. The number of benzene rings is 1. The van der Waals surface area contributed by atoms with Crippen molar-refractivity contribution in [1.29, 1.82) is 0 Å². The molecule has 1 aromatic rings. The van der Waals surface area contributed by atoms with E-state index < -0.39 is 15.8 Å². The van der Waals surface area contributed by atoms with Gasteiger partial charge in [-0.15, -0.1) is 0 Å². The SMILES string of the molecule is CCC1(CC)CCN(S(=O)(=O)c2ccc(F)c(CN)c2)C1. The molecule has 0 spiro atoms. The van der Waals surface area contributed by atoms with Crippen LogP contribution in [0.1, 0.15) is 38.7 Å². The second kappa shape index (κ2) is 6.02. The second-order valence-corrected chi connectivity index (χ2v) is 7.69. The van der Waals surface area contributed by atoms with Crippen molar-refractivity contribution in [3.63, 3.8) is 0 Å². The molecular formula is C15H23FN2O2S. The van der Waals surface area contributed by atoms with Gasteiger partial charge >= 0.3 is 0 Å². The van der Waals surface area contributed by atoms with Crippen LogP contribution in [-0.4, -0.2) is 25.8 Å². The monoisotopic (exact) mass is 314 g/mol. The predicted octanol–water partition coefficient (Wildman–Crippen LogP) is 2.49. The Kier molecular flexibility index (Phi) is 4.70. The van der Waals surface area contributed by atoms with E-state index in [9.17, 15) is 12.8 Å². The maximum atomic E-state index is 13.5. The Bertz CT molecular complexity index is 612. The lowest BCUT2D eigenvalue weighted by atomic mass is 9.82. The van der Waals surface area contributed by atoms with E-state index in [1.807, 2.05) is 0 Å². The molecule has 1 aliphatic rings. The van der Waals surface area contributed by atoms with E-state index in [0.29, 0.717) is 13.1 Å². The fourth-order valence-electron chi connectivity index (χ4n) is 2.94. The summed E-state index contributed by atoms with van der Waals surface area (Å²) in [6.45, 7) is 5.26. The number of sulfonamides is 1. The minimum absolute atomic E-state index is 0.0109. The molecule has 1 aliphatic heterocycles. The van der Waals surface area contributed by atoms with E-state index in [0.717, 1.165) is 19.3 Å². The highest BCUT2D eigenvalue weighted by molar-refractivity contribution is 7.89. The highest BCUT2D eigenvalue weighted by atomic mass is 32.2. The van der Waals surface area contributed by atoms with Gasteiger partial charge in [0, 0.05) is 25.2 Å². The Morgan fingerprint density at radius 3 is 2.52 bits per heavy atom. The summed E-state index contributed by atoms with van der Waals surface area (Å²) < 4.78 is 40.4. The van der Waals surface area contributed by atoms with Gasteiger partial charge < -0.3 is 5.73 Å². The zero-order chi connectivity index (χ0) is 15.7. The van der Waals surface area contributed by atoms with Crippen molar-refractivity contribution in [2.24, 2.45) is 11.1 Å². The first-order chi connectivity index (χ1) is 9.88. The first-order valence-electron chi connectivity index (χ1n) is 7.37. The third-order valence-electron chi connectivity index (χ3n) is 4.78. The molecule has 4 nitrogen and oxygen atoms in total. The smallest absolute Gasteiger partial charge is 0.243 e. The summed E-state index contributed by atoms with van der Waals surface area (Å²) in [6.07, 6.45) is 2.81. The molecule has 2 N–H and O–H groups in total. The molecule has 0 atom stereocenters. The fourth-order valence-corrected chi connectivity index (χ4v) is 4.55. The minimum atomic E-state index is -3.57. The number of nitrogens with two attached hydrogens (primary N) is 1. The van der Waals surface area contributed by atoms with Gasteiger partial charge in [-0.2, -0.15) is 4.31 Å². The average Bonchev–Trinajstić information content (AvgIpc) is 2.93. The highest BCUT2D eigenvalue weighted by Crippen LogP contribution is 2.39. The minimum Gasteiger partial charge on any atom is -0.326 e. The van der Waals surface area contributed by atoms with Crippen LogP contribution >= 0.6 is 0 Å². The molecule has 0 bridgehead atoms. The second-order valence-electron chi connectivity index (χ2n) is 5.75. The fraction of sp³-hybridized carbons (Fsp3) is 0.600. The molecule has 0 amide bonds. The number of nitrogens with zero attached hydrogens (tertiary/aromatic N) is 1. The molecule has 0 unspecified atom stereocenters. The van der Waals surface area contributed by atoms with Gasteiger partial charge in [0.05, 0.1) is 4.90 Å². The molecule has 1 aromatic carbocycles. The van der Waals surface area contributed by atoms with Crippen LogP contribution in [0.3, 0.4) is 0 Å². The molecule has 21 heavy (non-hydrogen) atoms. The summed E-state index contributed by atoms with van der Waals surface area (Å²) in [5.41, 5.74) is 5.76. The standard InChI is InChI=1S/C15H23FN2O2S/c1-3-15(4-2)7-8-18(11-15)21(19,20)13-5-6-14(16)12(9-13)10-17/h5-6,9H,3-4,7-8,10-11,17H2,1-2H3. The van der Waals surface area contributed by atoms with Gasteiger partial charge in [0.25, 0.3) is 0 Å². The molecule has 1 fully saturated rings. The molecule has 118 valence electrons.